The molecular weight excluding hydrogens is 324 g/mol. The van der Waals surface area contributed by atoms with Crippen molar-refractivity contribution in [3.63, 3.8) is 0 Å². The van der Waals surface area contributed by atoms with Crippen molar-refractivity contribution in [3.8, 4) is 10.8 Å². The Bertz CT molecular complexity index is 784. The van der Waals surface area contributed by atoms with Gasteiger partial charge in [0.05, 0.1) is 12.3 Å². The number of hydrogen-bond donors (Lipinski definition) is 1. The number of aliphatic hydroxyl groups is 1. The minimum Gasteiger partial charge on any atom is -0.462 e. The highest BCUT2D eigenvalue weighted by molar-refractivity contribution is 7.13. The minimum atomic E-state index is -0.197. The van der Waals surface area contributed by atoms with Gasteiger partial charge in [-0.1, -0.05) is 30.3 Å². The number of benzene rings is 1. The fourth-order valence-corrected chi connectivity index (χ4v) is 3.35. The van der Waals surface area contributed by atoms with E-state index in [0.717, 1.165) is 5.56 Å². The summed E-state index contributed by atoms with van der Waals surface area (Å²) in [5, 5.41) is 11.8. The zero-order valence-electron chi connectivity index (χ0n) is 13.3. The largest absolute Gasteiger partial charge is 0.462 e. The molecule has 0 saturated carbocycles. The Morgan fingerprint density at radius 3 is 2.75 bits per heavy atom. The monoisotopic (exact) mass is 342 g/mol. The average molecular weight is 342 g/mol. The molecule has 0 spiro atoms. The van der Waals surface area contributed by atoms with Crippen LogP contribution in [0.15, 0.2) is 58.5 Å². The Balaban J connectivity index is 1.82. The first-order chi connectivity index (χ1) is 11.7. The van der Waals surface area contributed by atoms with Crippen LogP contribution in [0, 0.1) is 0 Å². The van der Waals surface area contributed by atoms with E-state index in [1.807, 2.05) is 36.4 Å². The number of nitrogens with zero attached hydrogens (tertiary/aromatic N) is 2. The summed E-state index contributed by atoms with van der Waals surface area (Å²) in [5.41, 5.74) is 1.37. The molecule has 5 nitrogen and oxygen atoms in total. The highest BCUT2D eigenvalue weighted by atomic mass is 32.1. The SMILES string of the molecule is CN(C(=O)c1csc(-c2ccco2)n1)C(CCO)c1ccccc1. The van der Waals surface area contributed by atoms with Gasteiger partial charge in [-0.05, 0) is 24.1 Å². The van der Waals surface area contributed by atoms with Crippen LogP contribution in [0.4, 0.5) is 0 Å². The van der Waals surface area contributed by atoms with Gasteiger partial charge < -0.3 is 14.4 Å². The molecule has 6 heteroatoms. The third kappa shape index (κ3) is 3.39. The smallest absolute Gasteiger partial charge is 0.273 e. The molecule has 1 N–H and O–H groups in total. The van der Waals surface area contributed by atoms with Crippen LogP contribution in [0.5, 0.6) is 0 Å². The van der Waals surface area contributed by atoms with E-state index in [-0.39, 0.29) is 18.6 Å². The number of thiazole rings is 1. The summed E-state index contributed by atoms with van der Waals surface area (Å²) < 4.78 is 5.32. The third-order valence-corrected chi connectivity index (χ3v) is 4.69. The fourth-order valence-electron chi connectivity index (χ4n) is 2.59. The summed E-state index contributed by atoms with van der Waals surface area (Å²) in [6.45, 7) is 0.00585. The highest BCUT2D eigenvalue weighted by Gasteiger charge is 2.24. The van der Waals surface area contributed by atoms with Crippen LogP contribution in [-0.2, 0) is 0 Å². The quantitative estimate of drug-likeness (QED) is 0.743. The number of furan rings is 1. The van der Waals surface area contributed by atoms with Crippen molar-refractivity contribution in [1.82, 2.24) is 9.88 Å². The molecule has 0 radical (unpaired) electrons. The molecule has 1 unspecified atom stereocenters. The number of rotatable bonds is 6. The molecule has 0 saturated heterocycles. The van der Waals surface area contributed by atoms with Gasteiger partial charge in [-0.2, -0.15) is 0 Å². The molecular formula is C18H18N2O3S. The Morgan fingerprint density at radius 2 is 2.08 bits per heavy atom. The fraction of sp³-hybridized carbons (Fsp3) is 0.222. The molecule has 2 heterocycles. The van der Waals surface area contributed by atoms with E-state index in [1.165, 1.54) is 11.3 Å². The molecule has 124 valence electrons. The van der Waals surface area contributed by atoms with E-state index >= 15 is 0 Å². The van der Waals surface area contributed by atoms with Crippen LogP contribution in [0.2, 0.25) is 0 Å². The predicted octanol–water partition coefficient (Wildman–Crippen LogP) is 3.60. The van der Waals surface area contributed by atoms with Crippen molar-refractivity contribution >= 4 is 17.2 Å². The maximum absolute atomic E-state index is 12.8. The molecule has 3 aromatic rings. The van der Waals surface area contributed by atoms with Gasteiger partial charge in [-0.15, -0.1) is 11.3 Å². The Morgan fingerprint density at radius 1 is 1.29 bits per heavy atom. The molecule has 0 aliphatic carbocycles. The minimum absolute atomic E-state index is 0.00585. The Hall–Kier alpha value is -2.44. The lowest BCUT2D eigenvalue weighted by molar-refractivity contribution is 0.0700. The standard InChI is InChI=1S/C18H18N2O3S/c1-20(15(9-10-21)13-6-3-2-4-7-13)18(22)14-12-24-17(19-14)16-8-5-11-23-16/h2-8,11-12,15,21H,9-10H2,1H3. The van der Waals surface area contributed by atoms with Crippen molar-refractivity contribution in [2.24, 2.45) is 0 Å². The number of carbonyl (C=O) groups excluding carboxylic acids is 1. The lowest BCUT2D eigenvalue weighted by atomic mass is 10.0. The molecule has 2 aromatic heterocycles. The number of aliphatic hydroxyl groups excluding tert-OH is 1. The van der Waals surface area contributed by atoms with Crippen LogP contribution in [0.3, 0.4) is 0 Å². The molecule has 0 aliphatic rings. The molecule has 0 fully saturated rings. The van der Waals surface area contributed by atoms with Gasteiger partial charge in [0.15, 0.2) is 10.8 Å². The molecule has 0 aliphatic heterocycles. The van der Waals surface area contributed by atoms with Crippen LogP contribution < -0.4 is 0 Å². The van der Waals surface area contributed by atoms with Gasteiger partial charge in [0.25, 0.3) is 5.91 Å². The number of aromatic nitrogens is 1. The molecule has 3 rings (SSSR count). The third-order valence-electron chi connectivity index (χ3n) is 3.83. The van der Waals surface area contributed by atoms with Crippen molar-refractivity contribution in [2.75, 3.05) is 13.7 Å². The highest BCUT2D eigenvalue weighted by Crippen LogP contribution is 2.27. The summed E-state index contributed by atoms with van der Waals surface area (Å²) in [4.78, 5) is 18.8. The van der Waals surface area contributed by atoms with Crippen LogP contribution in [-0.4, -0.2) is 34.6 Å². The van der Waals surface area contributed by atoms with E-state index in [0.29, 0.717) is 22.9 Å². The number of amides is 1. The first-order valence-corrected chi connectivity index (χ1v) is 8.51. The summed E-state index contributed by atoms with van der Waals surface area (Å²) in [6, 6.07) is 13.1. The first-order valence-electron chi connectivity index (χ1n) is 7.63. The van der Waals surface area contributed by atoms with Crippen molar-refractivity contribution in [1.29, 1.82) is 0 Å². The van der Waals surface area contributed by atoms with E-state index in [1.54, 1.807) is 29.7 Å². The summed E-state index contributed by atoms with van der Waals surface area (Å²) in [6.07, 6.45) is 2.05. The topological polar surface area (TPSA) is 66.6 Å². The van der Waals surface area contributed by atoms with Crippen molar-refractivity contribution in [2.45, 2.75) is 12.5 Å². The van der Waals surface area contributed by atoms with Crippen LogP contribution >= 0.6 is 11.3 Å². The first kappa shape index (κ1) is 16.4. The van der Waals surface area contributed by atoms with E-state index in [4.69, 9.17) is 4.42 Å². The van der Waals surface area contributed by atoms with Gasteiger partial charge in [0.1, 0.15) is 5.69 Å². The zero-order valence-corrected chi connectivity index (χ0v) is 14.1. The van der Waals surface area contributed by atoms with E-state index < -0.39 is 0 Å². The maximum Gasteiger partial charge on any atom is 0.273 e. The number of carbonyl (C=O) groups is 1. The van der Waals surface area contributed by atoms with Crippen LogP contribution in [0.1, 0.15) is 28.5 Å². The summed E-state index contributed by atoms with van der Waals surface area (Å²) in [5.74, 6) is 0.475. The molecule has 1 amide bonds. The molecule has 24 heavy (non-hydrogen) atoms. The normalized spacial score (nSPS) is 12.1. The van der Waals surface area contributed by atoms with Gasteiger partial charge in [-0.3, -0.25) is 4.79 Å². The second kappa shape index (κ2) is 7.42. The van der Waals surface area contributed by atoms with Gasteiger partial charge >= 0.3 is 0 Å². The Kier molecular flexibility index (Phi) is 5.08. The van der Waals surface area contributed by atoms with E-state index in [9.17, 15) is 9.90 Å². The number of hydrogen-bond acceptors (Lipinski definition) is 5. The zero-order chi connectivity index (χ0) is 16.9. The predicted molar refractivity (Wildman–Crippen MR) is 92.8 cm³/mol. The molecule has 1 aromatic carbocycles. The Labute approximate surface area is 144 Å². The van der Waals surface area contributed by atoms with Crippen LogP contribution in [0.25, 0.3) is 10.8 Å². The van der Waals surface area contributed by atoms with Crippen molar-refractivity contribution in [3.05, 3.63) is 65.4 Å². The lowest BCUT2D eigenvalue weighted by Crippen LogP contribution is -2.32. The second-order valence-corrected chi connectivity index (χ2v) is 6.23. The molecule has 1 atom stereocenters. The average Bonchev–Trinajstić information content (AvgIpc) is 3.30. The summed E-state index contributed by atoms with van der Waals surface area (Å²) >= 11 is 1.37. The summed E-state index contributed by atoms with van der Waals surface area (Å²) in [7, 11) is 1.74. The van der Waals surface area contributed by atoms with Gasteiger partial charge in [0.2, 0.25) is 0 Å². The maximum atomic E-state index is 12.8. The van der Waals surface area contributed by atoms with Gasteiger partial charge in [0, 0.05) is 19.0 Å². The second-order valence-electron chi connectivity index (χ2n) is 5.37. The lowest BCUT2D eigenvalue weighted by Gasteiger charge is -2.27. The van der Waals surface area contributed by atoms with E-state index in [2.05, 4.69) is 4.98 Å². The van der Waals surface area contributed by atoms with Gasteiger partial charge in [-0.25, -0.2) is 4.98 Å². The van der Waals surface area contributed by atoms with Crippen molar-refractivity contribution < 1.29 is 14.3 Å². The molecule has 0 bridgehead atoms.